The summed E-state index contributed by atoms with van der Waals surface area (Å²) >= 11 is 1.86. The summed E-state index contributed by atoms with van der Waals surface area (Å²) in [5.41, 5.74) is 13.8. The molecule has 0 N–H and O–H groups in total. The lowest BCUT2D eigenvalue weighted by molar-refractivity contribution is 0.669. The average Bonchev–Trinajstić information content (AvgIpc) is 3.99. The molecule has 55 heavy (non-hydrogen) atoms. The van der Waals surface area contributed by atoms with E-state index in [1.807, 2.05) is 35.6 Å². The molecule has 0 bridgehead atoms. The van der Waals surface area contributed by atoms with Crippen LogP contribution in [0.15, 0.2) is 191 Å². The number of rotatable bonds is 5. The molecule has 0 radical (unpaired) electrons. The standard InChI is InChI=1S/C50H30N2O2S/c1-2-12-31(13-3-1)48-41-18-4-7-20-42(41)52-49-36(19-11-23-47(49)55-50(48)52)32-14-10-15-33(28-32)51(34-24-26-39-37-16-5-8-21-43(37)53-45(39)29-34)35-25-27-40-38-17-6-9-22-44(38)54-46(40)30-35/h1-30H. The second-order valence-corrected chi connectivity index (χ2v) is 15.1. The normalized spacial score (nSPS) is 12.0. The van der Waals surface area contributed by atoms with Gasteiger partial charge in [0.2, 0.25) is 0 Å². The van der Waals surface area contributed by atoms with Crippen molar-refractivity contribution in [3.8, 4) is 22.3 Å². The van der Waals surface area contributed by atoms with Gasteiger partial charge in [-0.1, -0.05) is 109 Å². The van der Waals surface area contributed by atoms with E-state index in [1.165, 1.54) is 42.6 Å². The highest BCUT2D eigenvalue weighted by Crippen LogP contribution is 2.46. The third kappa shape index (κ3) is 4.57. The molecule has 258 valence electrons. The molecule has 8 aromatic carbocycles. The Kier molecular flexibility index (Phi) is 6.47. The predicted molar refractivity (Wildman–Crippen MR) is 230 cm³/mol. The Balaban J connectivity index is 1.08. The molecule has 0 aliphatic rings. The van der Waals surface area contributed by atoms with Crippen LogP contribution in [0.25, 0.3) is 92.1 Å². The first kappa shape index (κ1) is 30.4. The zero-order chi connectivity index (χ0) is 36.0. The van der Waals surface area contributed by atoms with Crippen LogP contribution in [-0.2, 0) is 0 Å². The van der Waals surface area contributed by atoms with E-state index in [2.05, 4.69) is 167 Å². The smallest absolute Gasteiger partial charge is 0.137 e. The molecule has 12 rings (SSSR count). The zero-order valence-corrected chi connectivity index (χ0v) is 30.3. The third-order valence-electron chi connectivity index (χ3n) is 11.0. The van der Waals surface area contributed by atoms with Gasteiger partial charge in [-0.25, -0.2) is 0 Å². The molecule has 4 aromatic heterocycles. The molecule has 0 fully saturated rings. The minimum Gasteiger partial charge on any atom is -0.456 e. The van der Waals surface area contributed by atoms with Crippen molar-refractivity contribution in [1.82, 2.24) is 4.40 Å². The maximum absolute atomic E-state index is 6.42. The van der Waals surface area contributed by atoms with E-state index < -0.39 is 0 Å². The highest BCUT2D eigenvalue weighted by molar-refractivity contribution is 7.24. The molecular weight excluding hydrogens is 693 g/mol. The Morgan fingerprint density at radius 3 is 1.69 bits per heavy atom. The summed E-state index contributed by atoms with van der Waals surface area (Å²) in [4.78, 5) is 3.57. The quantitative estimate of drug-likeness (QED) is 0.177. The number of hydrogen-bond acceptors (Lipinski definition) is 4. The van der Waals surface area contributed by atoms with Crippen molar-refractivity contribution in [2.45, 2.75) is 0 Å². The number of anilines is 3. The van der Waals surface area contributed by atoms with Crippen LogP contribution in [-0.4, -0.2) is 4.40 Å². The summed E-state index contributed by atoms with van der Waals surface area (Å²) in [6, 6.07) is 64.7. The average molecular weight is 723 g/mol. The number of hydrogen-bond donors (Lipinski definition) is 0. The topological polar surface area (TPSA) is 33.9 Å². The van der Waals surface area contributed by atoms with E-state index >= 15 is 0 Å². The molecule has 0 saturated carbocycles. The Hall–Kier alpha value is -7.08. The van der Waals surface area contributed by atoms with E-state index in [-0.39, 0.29) is 0 Å². The van der Waals surface area contributed by atoms with Crippen LogP contribution in [0.2, 0.25) is 0 Å². The van der Waals surface area contributed by atoms with E-state index in [9.17, 15) is 0 Å². The van der Waals surface area contributed by atoms with Crippen LogP contribution >= 0.6 is 11.3 Å². The molecule has 0 aliphatic carbocycles. The first-order valence-electron chi connectivity index (χ1n) is 18.5. The SMILES string of the molecule is c1ccc(-c2c3ccccc3n3c2sc2cccc(-c4cccc(N(c5ccc6c(c5)oc5ccccc56)c5ccc6c(c5)oc5ccccc56)c4)c23)cc1. The number of para-hydroxylation sites is 4. The van der Waals surface area contributed by atoms with Gasteiger partial charge < -0.3 is 13.7 Å². The summed E-state index contributed by atoms with van der Waals surface area (Å²) in [5, 5.41) is 5.69. The largest absolute Gasteiger partial charge is 0.456 e. The van der Waals surface area contributed by atoms with Crippen LogP contribution in [0.5, 0.6) is 0 Å². The fourth-order valence-electron chi connectivity index (χ4n) is 8.56. The number of thiazole rings is 1. The van der Waals surface area contributed by atoms with Gasteiger partial charge in [-0.15, -0.1) is 11.3 Å². The van der Waals surface area contributed by atoms with Crippen molar-refractivity contribution in [3.63, 3.8) is 0 Å². The van der Waals surface area contributed by atoms with Crippen molar-refractivity contribution in [3.05, 3.63) is 182 Å². The molecule has 5 heteroatoms. The minimum atomic E-state index is 0.851. The molecule has 0 saturated heterocycles. The molecule has 0 unspecified atom stereocenters. The van der Waals surface area contributed by atoms with Gasteiger partial charge in [-0.2, -0.15) is 0 Å². The maximum atomic E-state index is 6.42. The highest BCUT2D eigenvalue weighted by Gasteiger charge is 2.22. The summed E-state index contributed by atoms with van der Waals surface area (Å²) in [6.45, 7) is 0. The predicted octanol–water partition coefficient (Wildman–Crippen LogP) is 14.9. The van der Waals surface area contributed by atoms with E-state index in [0.29, 0.717) is 0 Å². The second-order valence-electron chi connectivity index (χ2n) is 14.1. The van der Waals surface area contributed by atoms with Crippen molar-refractivity contribution in [2.75, 3.05) is 4.90 Å². The van der Waals surface area contributed by atoms with Crippen LogP contribution < -0.4 is 4.90 Å². The van der Waals surface area contributed by atoms with Gasteiger partial charge in [0.25, 0.3) is 0 Å². The number of furan rings is 2. The minimum absolute atomic E-state index is 0.851. The molecule has 0 spiro atoms. The fourth-order valence-corrected chi connectivity index (χ4v) is 9.82. The van der Waals surface area contributed by atoms with Gasteiger partial charge in [-0.05, 0) is 71.8 Å². The Bertz CT molecular complexity index is 3340. The van der Waals surface area contributed by atoms with Gasteiger partial charge in [0, 0.05) is 67.3 Å². The first-order chi connectivity index (χ1) is 27.3. The number of aromatic nitrogens is 1. The van der Waals surface area contributed by atoms with Gasteiger partial charge in [0.05, 0.1) is 15.7 Å². The summed E-state index contributed by atoms with van der Waals surface area (Å²) in [5.74, 6) is 0. The van der Waals surface area contributed by atoms with Gasteiger partial charge >= 0.3 is 0 Å². The Morgan fingerprint density at radius 1 is 0.418 bits per heavy atom. The molecular formula is C50H30N2O2S. The van der Waals surface area contributed by atoms with Crippen LogP contribution in [0, 0.1) is 0 Å². The van der Waals surface area contributed by atoms with Crippen molar-refractivity contribution >= 4 is 98.2 Å². The fraction of sp³-hybridized carbons (Fsp3) is 0. The molecule has 12 aromatic rings. The van der Waals surface area contributed by atoms with E-state index in [4.69, 9.17) is 8.83 Å². The lowest BCUT2D eigenvalue weighted by Crippen LogP contribution is -2.10. The number of benzene rings is 8. The maximum Gasteiger partial charge on any atom is 0.137 e. The monoisotopic (exact) mass is 722 g/mol. The van der Waals surface area contributed by atoms with Gasteiger partial charge in [-0.3, -0.25) is 4.40 Å². The van der Waals surface area contributed by atoms with Gasteiger partial charge in [0.1, 0.15) is 27.2 Å². The van der Waals surface area contributed by atoms with Crippen molar-refractivity contribution < 1.29 is 8.83 Å². The highest BCUT2D eigenvalue weighted by atomic mass is 32.1. The lowest BCUT2D eigenvalue weighted by atomic mass is 10.0. The van der Waals surface area contributed by atoms with E-state index in [0.717, 1.165) is 66.5 Å². The molecule has 4 heterocycles. The number of nitrogens with zero attached hydrogens (tertiary/aromatic N) is 2. The lowest BCUT2D eigenvalue weighted by Gasteiger charge is -2.26. The molecule has 0 aliphatic heterocycles. The van der Waals surface area contributed by atoms with Gasteiger partial charge in [0.15, 0.2) is 0 Å². The zero-order valence-electron chi connectivity index (χ0n) is 29.4. The molecule has 0 amide bonds. The summed E-state index contributed by atoms with van der Waals surface area (Å²) in [6.07, 6.45) is 0. The second kappa shape index (κ2) is 11.7. The number of fused-ring (bicyclic) bond motifs is 11. The Morgan fingerprint density at radius 2 is 0.982 bits per heavy atom. The Labute approximate surface area is 319 Å². The van der Waals surface area contributed by atoms with Crippen molar-refractivity contribution in [2.24, 2.45) is 0 Å². The molecule has 0 atom stereocenters. The molecule has 4 nitrogen and oxygen atoms in total. The van der Waals surface area contributed by atoms with Crippen LogP contribution in [0.4, 0.5) is 17.1 Å². The summed E-state index contributed by atoms with van der Waals surface area (Å²) < 4.78 is 16.6. The third-order valence-corrected chi connectivity index (χ3v) is 12.1. The van der Waals surface area contributed by atoms with Crippen LogP contribution in [0.1, 0.15) is 0 Å². The van der Waals surface area contributed by atoms with Crippen molar-refractivity contribution in [1.29, 1.82) is 0 Å². The summed E-state index contributed by atoms with van der Waals surface area (Å²) in [7, 11) is 0. The van der Waals surface area contributed by atoms with E-state index in [1.54, 1.807) is 0 Å². The first-order valence-corrected chi connectivity index (χ1v) is 19.3. The van der Waals surface area contributed by atoms with Crippen LogP contribution in [0.3, 0.4) is 0 Å².